The third-order valence-corrected chi connectivity index (χ3v) is 5.06. The fraction of sp³-hybridized carbons (Fsp3) is 0.800. The Morgan fingerprint density at radius 3 is 2.06 bits per heavy atom. The van der Waals surface area contributed by atoms with Crippen LogP contribution in [0.5, 0.6) is 0 Å². The normalized spacial score (nSPS) is 13.2. The van der Waals surface area contributed by atoms with Crippen molar-refractivity contribution in [2.24, 2.45) is 5.41 Å². The summed E-state index contributed by atoms with van der Waals surface area (Å²) in [5.41, 5.74) is -0.762. The number of sulfone groups is 1. The van der Waals surface area contributed by atoms with E-state index in [2.05, 4.69) is 0 Å². The molecular weight excluding hydrogens is 230 g/mol. The summed E-state index contributed by atoms with van der Waals surface area (Å²) in [7, 11) is -3.75. The molecule has 0 aromatic rings. The maximum Gasteiger partial charge on any atom is 0.324 e. The van der Waals surface area contributed by atoms with Crippen molar-refractivity contribution in [3.8, 4) is 6.07 Å². The fourth-order valence-corrected chi connectivity index (χ4v) is 2.39. The largest absolute Gasteiger partial charge is 0.480 e. The second kappa shape index (κ2) is 4.42. The highest BCUT2D eigenvalue weighted by molar-refractivity contribution is 7.93. The molecule has 0 bridgehead atoms. The van der Waals surface area contributed by atoms with Crippen molar-refractivity contribution in [3.05, 3.63) is 0 Å². The van der Waals surface area contributed by atoms with Crippen molar-refractivity contribution in [1.29, 1.82) is 5.26 Å². The summed E-state index contributed by atoms with van der Waals surface area (Å²) in [4.78, 5) is 10.8. The van der Waals surface area contributed by atoms with Crippen LogP contribution in [-0.2, 0) is 14.6 Å². The molecule has 6 heteroatoms. The van der Waals surface area contributed by atoms with Crippen LogP contribution < -0.4 is 0 Å². The summed E-state index contributed by atoms with van der Waals surface area (Å²) < 4.78 is 21.7. The van der Waals surface area contributed by atoms with Crippen LogP contribution in [0.15, 0.2) is 0 Å². The molecule has 0 aliphatic rings. The summed E-state index contributed by atoms with van der Waals surface area (Å²) in [5.74, 6) is -1.67. The second-order valence-corrected chi connectivity index (χ2v) is 7.54. The van der Waals surface area contributed by atoms with E-state index in [1.165, 1.54) is 0 Å². The Labute approximate surface area is 96.0 Å². The number of carboxylic acid groups (broad SMARTS) is 1. The lowest BCUT2D eigenvalue weighted by Gasteiger charge is -2.22. The predicted octanol–water partition coefficient (Wildman–Crippen LogP) is 1.20. The van der Waals surface area contributed by atoms with Gasteiger partial charge >= 0.3 is 5.97 Å². The third kappa shape index (κ3) is 3.20. The summed E-state index contributed by atoms with van der Waals surface area (Å²) in [6.07, 6.45) is 0.128. The topological polar surface area (TPSA) is 95.2 Å². The van der Waals surface area contributed by atoms with Gasteiger partial charge in [-0.25, -0.2) is 8.42 Å². The monoisotopic (exact) mass is 247 g/mol. The Kier molecular flexibility index (Phi) is 4.12. The SMILES string of the molecule is CC(C)(C#N)CCS(=O)(=O)C(C)(C)C(=O)O. The van der Waals surface area contributed by atoms with Gasteiger partial charge in [-0.2, -0.15) is 5.26 Å². The molecule has 5 nitrogen and oxygen atoms in total. The summed E-state index contributed by atoms with van der Waals surface area (Å²) in [5, 5.41) is 17.6. The van der Waals surface area contributed by atoms with Crippen molar-refractivity contribution < 1.29 is 18.3 Å². The zero-order chi connectivity index (χ0) is 13.2. The molecule has 0 amide bonds. The number of nitriles is 1. The van der Waals surface area contributed by atoms with Crippen LogP contribution in [0.2, 0.25) is 0 Å². The smallest absolute Gasteiger partial charge is 0.324 e. The lowest BCUT2D eigenvalue weighted by Crippen LogP contribution is -2.42. The zero-order valence-corrected chi connectivity index (χ0v) is 10.8. The number of nitrogens with zero attached hydrogens (tertiary/aromatic N) is 1. The first-order chi connectivity index (χ1) is 6.96. The summed E-state index contributed by atoms with van der Waals surface area (Å²) >= 11 is 0. The van der Waals surface area contributed by atoms with Gasteiger partial charge in [-0.1, -0.05) is 0 Å². The Hall–Kier alpha value is -1.09. The molecule has 0 saturated carbocycles. The lowest BCUT2D eigenvalue weighted by atomic mass is 9.93. The molecule has 0 rings (SSSR count). The first kappa shape index (κ1) is 14.9. The molecule has 0 aliphatic carbocycles. The van der Waals surface area contributed by atoms with Crippen molar-refractivity contribution in [1.82, 2.24) is 0 Å². The van der Waals surface area contributed by atoms with Crippen molar-refractivity contribution in [2.75, 3.05) is 5.75 Å². The zero-order valence-electron chi connectivity index (χ0n) is 9.94. The van der Waals surface area contributed by atoms with E-state index < -0.39 is 26.0 Å². The van der Waals surface area contributed by atoms with Gasteiger partial charge in [0.2, 0.25) is 0 Å². The molecule has 0 aliphatic heterocycles. The molecule has 0 spiro atoms. The molecule has 0 unspecified atom stereocenters. The van der Waals surface area contributed by atoms with Crippen molar-refractivity contribution >= 4 is 15.8 Å². The average Bonchev–Trinajstić information content (AvgIpc) is 2.15. The van der Waals surface area contributed by atoms with Crippen LogP contribution in [0.25, 0.3) is 0 Å². The van der Waals surface area contributed by atoms with Gasteiger partial charge in [-0.3, -0.25) is 4.79 Å². The molecule has 0 aromatic heterocycles. The highest BCUT2D eigenvalue weighted by atomic mass is 32.2. The average molecular weight is 247 g/mol. The van der Waals surface area contributed by atoms with Gasteiger partial charge in [-0.05, 0) is 34.1 Å². The second-order valence-electron chi connectivity index (χ2n) is 4.88. The van der Waals surface area contributed by atoms with Gasteiger partial charge < -0.3 is 5.11 Å². The van der Waals surface area contributed by atoms with Gasteiger partial charge in [0.25, 0.3) is 0 Å². The summed E-state index contributed by atoms with van der Waals surface area (Å²) in [6, 6.07) is 1.98. The highest BCUT2D eigenvalue weighted by Crippen LogP contribution is 2.24. The minimum atomic E-state index is -3.75. The molecule has 0 heterocycles. The van der Waals surface area contributed by atoms with E-state index in [1.807, 2.05) is 6.07 Å². The van der Waals surface area contributed by atoms with Gasteiger partial charge in [0.15, 0.2) is 14.6 Å². The van der Waals surface area contributed by atoms with Crippen LogP contribution >= 0.6 is 0 Å². The van der Waals surface area contributed by atoms with E-state index in [0.717, 1.165) is 13.8 Å². The van der Waals surface area contributed by atoms with Crippen molar-refractivity contribution in [2.45, 2.75) is 38.9 Å². The quantitative estimate of drug-likeness (QED) is 0.787. The standard InChI is InChI=1S/C10H17NO4S/c1-9(2,7-11)5-6-16(14,15)10(3,4)8(12)13/h5-6H2,1-4H3,(H,12,13). The number of rotatable bonds is 5. The maximum absolute atomic E-state index is 11.8. The maximum atomic E-state index is 11.8. The minimum Gasteiger partial charge on any atom is -0.480 e. The van der Waals surface area contributed by atoms with E-state index in [-0.39, 0.29) is 12.2 Å². The third-order valence-electron chi connectivity index (χ3n) is 2.59. The van der Waals surface area contributed by atoms with Crippen LogP contribution in [-0.4, -0.2) is 30.0 Å². The predicted molar refractivity (Wildman–Crippen MR) is 59.5 cm³/mol. The Morgan fingerprint density at radius 2 is 1.75 bits per heavy atom. The molecule has 1 N–H and O–H groups in total. The van der Waals surface area contributed by atoms with E-state index >= 15 is 0 Å². The molecule has 0 radical (unpaired) electrons. The van der Waals surface area contributed by atoms with Crippen LogP contribution in [0.4, 0.5) is 0 Å². The minimum absolute atomic E-state index is 0.128. The molecule has 0 aromatic carbocycles. The van der Waals surface area contributed by atoms with Crippen molar-refractivity contribution in [3.63, 3.8) is 0 Å². The van der Waals surface area contributed by atoms with Gasteiger partial charge in [0.05, 0.1) is 17.2 Å². The van der Waals surface area contributed by atoms with Gasteiger partial charge in [0, 0.05) is 0 Å². The molecule has 0 fully saturated rings. The Morgan fingerprint density at radius 1 is 1.31 bits per heavy atom. The Bertz CT molecular complexity index is 415. The first-order valence-electron chi connectivity index (χ1n) is 4.83. The molecular formula is C10H17NO4S. The van der Waals surface area contributed by atoms with Gasteiger partial charge in [0.1, 0.15) is 0 Å². The number of carbonyl (C=O) groups is 1. The van der Waals surface area contributed by atoms with E-state index in [0.29, 0.717) is 0 Å². The number of hydrogen-bond donors (Lipinski definition) is 1. The van der Waals surface area contributed by atoms with E-state index in [9.17, 15) is 13.2 Å². The first-order valence-corrected chi connectivity index (χ1v) is 6.48. The highest BCUT2D eigenvalue weighted by Gasteiger charge is 2.42. The summed E-state index contributed by atoms with van der Waals surface area (Å²) in [6.45, 7) is 5.56. The van der Waals surface area contributed by atoms with Gasteiger partial charge in [-0.15, -0.1) is 0 Å². The van der Waals surface area contributed by atoms with Crippen LogP contribution in [0.3, 0.4) is 0 Å². The van der Waals surface area contributed by atoms with Crippen LogP contribution in [0.1, 0.15) is 34.1 Å². The number of aliphatic carboxylic acids is 1. The molecule has 92 valence electrons. The molecule has 0 saturated heterocycles. The molecule has 16 heavy (non-hydrogen) atoms. The Balaban J connectivity index is 4.89. The number of carboxylic acids is 1. The van der Waals surface area contributed by atoms with E-state index in [4.69, 9.17) is 10.4 Å². The molecule has 0 atom stereocenters. The number of hydrogen-bond acceptors (Lipinski definition) is 4. The van der Waals surface area contributed by atoms with Crippen LogP contribution in [0, 0.1) is 16.7 Å². The fourth-order valence-electron chi connectivity index (χ4n) is 0.834. The lowest BCUT2D eigenvalue weighted by molar-refractivity contribution is -0.139. The van der Waals surface area contributed by atoms with E-state index in [1.54, 1.807) is 13.8 Å².